The third kappa shape index (κ3) is 15.5. The van der Waals surface area contributed by atoms with Gasteiger partial charge in [0.2, 0.25) is 0 Å². The molecule has 6 nitrogen and oxygen atoms in total. The van der Waals surface area contributed by atoms with Crippen LogP contribution >= 0.6 is 24.0 Å². The number of halogens is 1. The van der Waals surface area contributed by atoms with Gasteiger partial charge in [-0.2, -0.15) is 0 Å². The number of carbonyl (C=O) groups is 1. The summed E-state index contributed by atoms with van der Waals surface area (Å²) in [5, 5.41) is 2.88. The topological polar surface area (TPSA) is 85.9 Å². The Morgan fingerprint density at radius 2 is 2.00 bits per heavy atom. The number of nitrogens with two attached hydrogens (primary N) is 1. The van der Waals surface area contributed by atoms with E-state index in [1.165, 1.54) is 0 Å². The monoisotopic (exact) mass is 401 g/mol. The Hall–Kier alpha value is -0.570. The molecule has 0 amide bonds. The highest BCUT2D eigenvalue weighted by atomic mass is 127. The van der Waals surface area contributed by atoms with Gasteiger partial charge in [0.15, 0.2) is 5.96 Å². The van der Waals surface area contributed by atoms with Crippen LogP contribution in [-0.4, -0.2) is 43.8 Å². The Balaban J connectivity index is 0. The molecule has 0 aromatic rings. The largest absolute Gasteiger partial charge is 0.460 e. The first-order valence-corrected chi connectivity index (χ1v) is 6.68. The average molecular weight is 401 g/mol. The van der Waals surface area contributed by atoms with E-state index >= 15 is 0 Å². The number of ether oxygens (including phenoxy) is 2. The third-order valence-corrected chi connectivity index (χ3v) is 1.99. The maximum Gasteiger partial charge on any atom is 0.308 e. The number of rotatable bonds is 8. The fourth-order valence-corrected chi connectivity index (χ4v) is 1.25. The van der Waals surface area contributed by atoms with Crippen molar-refractivity contribution >= 4 is 35.9 Å². The smallest absolute Gasteiger partial charge is 0.308 e. The van der Waals surface area contributed by atoms with Crippen molar-refractivity contribution < 1.29 is 14.3 Å². The normalized spacial score (nSPS) is 11.7. The molecule has 0 aliphatic heterocycles. The molecule has 0 atom stereocenters. The number of hydrogen-bond donors (Lipinski definition) is 2. The van der Waals surface area contributed by atoms with Gasteiger partial charge in [0.1, 0.15) is 5.60 Å². The van der Waals surface area contributed by atoms with Crippen molar-refractivity contribution in [1.82, 2.24) is 5.32 Å². The number of nitrogens with zero attached hydrogens (tertiary/aromatic N) is 1. The molecule has 0 heterocycles. The lowest BCUT2D eigenvalue weighted by atomic mass is 10.2. The molecule has 0 aliphatic carbocycles. The van der Waals surface area contributed by atoms with E-state index in [1.807, 2.05) is 27.7 Å². The van der Waals surface area contributed by atoms with Gasteiger partial charge in [-0.3, -0.25) is 9.79 Å². The molecular weight excluding hydrogens is 373 g/mol. The van der Waals surface area contributed by atoms with Gasteiger partial charge in [-0.25, -0.2) is 0 Å². The summed E-state index contributed by atoms with van der Waals surface area (Å²) in [5.74, 6) is 0.101. The van der Waals surface area contributed by atoms with Crippen LogP contribution in [0.15, 0.2) is 4.99 Å². The SMILES string of the molecule is CCOCCCN=C(N)NCCC(=O)OC(C)(C)C.I. The van der Waals surface area contributed by atoms with Crippen LogP contribution < -0.4 is 11.1 Å². The summed E-state index contributed by atoms with van der Waals surface area (Å²) in [7, 11) is 0. The number of carbonyl (C=O) groups excluding carboxylic acids is 1. The molecule has 0 bridgehead atoms. The van der Waals surface area contributed by atoms with E-state index in [9.17, 15) is 4.79 Å². The van der Waals surface area contributed by atoms with Gasteiger partial charge in [-0.05, 0) is 34.1 Å². The molecule has 0 unspecified atom stereocenters. The Labute approximate surface area is 138 Å². The Morgan fingerprint density at radius 3 is 2.55 bits per heavy atom. The minimum absolute atomic E-state index is 0. The van der Waals surface area contributed by atoms with E-state index in [1.54, 1.807) is 0 Å². The molecule has 120 valence electrons. The van der Waals surface area contributed by atoms with E-state index < -0.39 is 5.60 Å². The van der Waals surface area contributed by atoms with Crippen molar-refractivity contribution in [3.63, 3.8) is 0 Å². The molecule has 0 aromatic heterocycles. The van der Waals surface area contributed by atoms with Crippen molar-refractivity contribution in [2.45, 2.75) is 46.1 Å². The zero-order chi connectivity index (χ0) is 14.7. The van der Waals surface area contributed by atoms with Crippen LogP contribution in [-0.2, 0) is 14.3 Å². The van der Waals surface area contributed by atoms with Crippen LogP contribution in [0.1, 0.15) is 40.5 Å². The van der Waals surface area contributed by atoms with Crippen LogP contribution in [0.4, 0.5) is 0 Å². The molecule has 7 heteroatoms. The summed E-state index contributed by atoms with van der Waals surface area (Å²) in [4.78, 5) is 15.5. The minimum Gasteiger partial charge on any atom is -0.460 e. The zero-order valence-corrected chi connectivity index (χ0v) is 15.2. The van der Waals surface area contributed by atoms with Crippen molar-refractivity contribution in [1.29, 1.82) is 0 Å². The highest BCUT2D eigenvalue weighted by molar-refractivity contribution is 14.0. The van der Waals surface area contributed by atoms with Crippen molar-refractivity contribution in [3.05, 3.63) is 0 Å². The fourth-order valence-electron chi connectivity index (χ4n) is 1.25. The highest BCUT2D eigenvalue weighted by Gasteiger charge is 2.15. The molecule has 0 rings (SSSR count). The van der Waals surface area contributed by atoms with Gasteiger partial charge in [0, 0.05) is 26.3 Å². The van der Waals surface area contributed by atoms with Crippen LogP contribution in [0.3, 0.4) is 0 Å². The molecule has 0 aliphatic rings. The minimum atomic E-state index is -0.448. The average Bonchev–Trinajstić information content (AvgIpc) is 2.26. The maximum absolute atomic E-state index is 11.4. The summed E-state index contributed by atoms with van der Waals surface area (Å²) in [6.07, 6.45) is 1.11. The van der Waals surface area contributed by atoms with Gasteiger partial charge >= 0.3 is 5.97 Å². The summed E-state index contributed by atoms with van der Waals surface area (Å²) < 4.78 is 10.4. The van der Waals surface area contributed by atoms with E-state index in [-0.39, 0.29) is 36.4 Å². The van der Waals surface area contributed by atoms with Crippen LogP contribution in [0.5, 0.6) is 0 Å². The molecule has 3 N–H and O–H groups in total. The van der Waals surface area contributed by atoms with E-state index in [0.717, 1.165) is 6.42 Å². The Kier molecular flexibility index (Phi) is 13.2. The van der Waals surface area contributed by atoms with Gasteiger partial charge < -0.3 is 20.5 Å². The second-order valence-electron chi connectivity index (χ2n) is 5.08. The molecule has 0 radical (unpaired) electrons. The summed E-state index contributed by atoms with van der Waals surface area (Å²) in [6, 6.07) is 0. The molecular formula is C13H28IN3O3. The zero-order valence-electron chi connectivity index (χ0n) is 12.9. The summed E-state index contributed by atoms with van der Waals surface area (Å²) in [6.45, 7) is 9.92. The molecule has 0 spiro atoms. The standard InChI is InChI=1S/C13H27N3O3.HI/c1-5-18-10-6-8-15-12(14)16-9-7-11(17)19-13(2,3)4;/h5-10H2,1-4H3,(H3,14,15,16);1H. The number of guanidine groups is 1. The van der Waals surface area contributed by atoms with Crippen LogP contribution in [0.25, 0.3) is 0 Å². The molecule has 0 saturated heterocycles. The van der Waals surface area contributed by atoms with Crippen LogP contribution in [0, 0.1) is 0 Å². The van der Waals surface area contributed by atoms with Crippen molar-refractivity contribution in [2.75, 3.05) is 26.3 Å². The molecule has 20 heavy (non-hydrogen) atoms. The molecule has 0 aromatic carbocycles. The van der Waals surface area contributed by atoms with Crippen molar-refractivity contribution in [2.24, 2.45) is 10.7 Å². The summed E-state index contributed by atoms with van der Waals surface area (Å²) >= 11 is 0. The predicted molar refractivity (Wildman–Crippen MR) is 91.5 cm³/mol. The third-order valence-electron chi connectivity index (χ3n) is 1.99. The van der Waals surface area contributed by atoms with E-state index in [0.29, 0.717) is 32.3 Å². The lowest BCUT2D eigenvalue weighted by molar-refractivity contribution is -0.154. The van der Waals surface area contributed by atoms with Gasteiger partial charge in [0.05, 0.1) is 6.42 Å². The van der Waals surface area contributed by atoms with Gasteiger partial charge in [0.25, 0.3) is 0 Å². The Bertz CT molecular complexity index is 291. The first-order chi connectivity index (χ1) is 8.85. The molecule has 0 saturated carbocycles. The van der Waals surface area contributed by atoms with E-state index in [2.05, 4.69) is 10.3 Å². The highest BCUT2D eigenvalue weighted by Crippen LogP contribution is 2.07. The number of aliphatic imine (C=N–C) groups is 1. The fraction of sp³-hybridized carbons (Fsp3) is 0.846. The van der Waals surface area contributed by atoms with Gasteiger partial charge in [-0.15, -0.1) is 24.0 Å². The van der Waals surface area contributed by atoms with Crippen LogP contribution in [0.2, 0.25) is 0 Å². The number of hydrogen-bond acceptors (Lipinski definition) is 4. The Morgan fingerprint density at radius 1 is 1.35 bits per heavy atom. The number of esters is 1. The maximum atomic E-state index is 11.4. The second kappa shape index (κ2) is 12.2. The predicted octanol–water partition coefficient (Wildman–Crippen LogP) is 1.67. The molecule has 0 fully saturated rings. The van der Waals surface area contributed by atoms with E-state index in [4.69, 9.17) is 15.2 Å². The quantitative estimate of drug-likeness (QED) is 0.213. The lowest BCUT2D eigenvalue weighted by Crippen LogP contribution is -2.34. The summed E-state index contributed by atoms with van der Waals surface area (Å²) in [5.41, 5.74) is 5.20. The van der Waals surface area contributed by atoms with Gasteiger partial charge in [-0.1, -0.05) is 0 Å². The first-order valence-electron chi connectivity index (χ1n) is 6.68. The number of nitrogens with one attached hydrogen (secondary N) is 1. The van der Waals surface area contributed by atoms with Crippen molar-refractivity contribution in [3.8, 4) is 0 Å². The lowest BCUT2D eigenvalue weighted by Gasteiger charge is -2.19. The first kappa shape index (κ1) is 21.7. The second-order valence-corrected chi connectivity index (χ2v) is 5.08.